The van der Waals surface area contributed by atoms with Crippen LogP contribution < -0.4 is 10.6 Å². The van der Waals surface area contributed by atoms with E-state index in [1.165, 1.54) is 0 Å². The Bertz CT molecular complexity index is 186. The molecule has 0 saturated heterocycles. The maximum atomic E-state index is 11.6. The van der Waals surface area contributed by atoms with E-state index in [2.05, 4.69) is 17.6 Å². The Balaban J connectivity index is 3.55. The smallest absolute Gasteiger partial charge is 0.237 e. The van der Waals surface area contributed by atoms with Gasteiger partial charge in [0.25, 0.3) is 0 Å². The first-order chi connectivity index (χ1) is 7.61. The van der Waals surface area contributed by atoms with Crippen LogP contribution in [-0.2, 0) is 9.53 Å². The van der Waals surface area contributed by atoms with Gasteiger partial charge in [-0.3, -0.25) is 4.79 Å². The SMILES string of the molecule is CCC(C)NC(=O)C(C)NCCCCOC. The third kappa shape index (κ3) is 7.65. The lowest BCUT2D eigenvalue weighted by Gasteiger charge is -2.17. The molecule has 0 fully saturated rings. The second-order valence-corrected chi connectivity index (χ2v) is 4.19. The van der Waals surface area contributed by atoms with E-state index in [9.17, 15) is 4.79 Å². The molecule has 0 aliphatic rings. The van der Waals surface area contributed by atoms with Gasteiger partial charge in [-0.1, -0.05) is 6.92 Å². The lowest BCUT2D eigenvalue weighted by Crippen LogP contribution is -2.45. The Labute approximate surface area is 99.1 Å². The average molecular weight is 230 g/mol. The predicted molar refractivity (Wildman–Crippen MR) is 66.5 cm³/mol. The van der Waals surface area contributed by atoms with Crippen LogP contribution in [0.5, 0.6) is 0 Å². The molecule has 0 saturated carbocycles. The highest BCUT2D eigenvalue weighted by molar-refractivity contribution is 5.81. The number of nitrogens with one attached hydrogen (secondary N) is 2. The van der Waals surface area contributed by atoms with Crippen molar-refractivity contribution < 1.29 is 9.53 Å². The average Bonchev–Trinajstić information content (AvgIpc) is 2.28. The van der Waals surface area contributed by atoms with Crippen molar-refractivity contribution in [1.29, 1.82) is 0 Å². The zero-order chi connectivity index (χ0) is 12.4. The molecule has 0 bridgehead atoms. The van der Waals surface area contributed by atoms with Crippen LogP contribution in [0, 0.1) is 0 Å². The summed E-state index contributed by atoms with van der Waals surface area (Å²) in [7, 11) is 1.70. The first-order valence-electron chi connectivity index (χ1n) is 6.14. The fourth-order valence-corrected chi connectivity index (χ4v) is 1.25. The summed E-state index contributed by atoms with van der Waals surface area (Å²) in [5.74, 6) is 0.0843. The number of hydrogen-bond acceptors (Lipinski definition) is 3. The van der Waals surface area contributed by atoms with Gasteiger partial charge in [0.15, 0.2) is 0 Å². The molecule has 0 aliphatic carbocycles. The van der Waals surface area contributed by atoms with Crippen molar-refractivity contribution in [2.24, 2.45) is 0 Å². The summed E-state index contributed by atoms with van der Waals surface area (Å²) in [4.78, 5) is 11.6. The van der Waals surface area contributed by atoms with Crippen molar-refractivity contribution in [3.05, 3.63) is 0 Å². The topological polar surface area (TPSA) is 50.4 Å². The summed E-state index contributed by atoms with van der Waals surface area (Å²) in [6.45, 7) is 7.62. The molecule has 0 radical (unpaired) electrons. The van der Waals surface area contributed by atoms with Crippen LogP contribution in [0.1, 0.15) is 40.0 Å². The Morgan fingerprint density at radius 2 is 2.00 bits per heavy atom. The third-order valence-corrected chi connectivity index (χ3v) is 2.62. The van der Waals surface area contributed by atoms with Crippen LogP contribution in [0.4, 0.5) is 0 Å². The molecular weight excluding hydrogens is 204 g/mol. The minimum Gasteiger partial charge on any atom is -0.385 e. The highest BCUT2D eigenvalue weighted by Gasteiger charge is 2.12. The summed E-state index contributed by atoms with van der Waals surface area (Å²) in [5.41, 5.74) is 0. The summed E-state index contributed by atoms with van der Waals surface area (Å²) in [5, 5.41) is 6.16. The fourth-order valence-electron chi connectivity index (χ4n) is 1.25. The van der Waals surface area contributed by atoms with Crippen molar-refractivity contribution >= 4 is 5.91 Å². The normalized spacial score (nSPS) is 14.5. The molecule has 96 valence electrons. The monoisotopic (exact) mass is 230 g/mol. The highest BCUT2D eigenvalue weighted by atomic mass is 16.5. The third-order valence-electron chi connectivity index (χ3n) is 2.62. The van der Waals surface area contributed by atoms with Crippen LogP contribution in [0.2, 0.25) is 0 Å². The van der Waals surface area contributed by atoms with Crippen LogP contribution in [0.25, 0.3) is 0 Å². The predicted octanol–water partition coefficient (Wildman–Crippen LogP) is 1.31. The van der Waals surface area contributed by atoms with Gasteiger partial charge in [0.2, 0.25) is 5.91 Å². The number of unbranched alkanes of at least 4 members (excludes halogenated alkanes) is 1. The van der Waals surface area contributed by atoms with E-state index >= 15 is 0 Å². The van der Waals surface area contributed by atoms with Crippen molar-refractivity contribution in [3.8, 4) is 0 Å². The zero-order valence-electron chi connectivity index (χ0n) is 11.0. The van der Waals surface area contributed by atoms with Gasteiger partial charge in [-0.15, -0.1) is 0 Å². The molecule has 0 aromatic carbocycles. The van der Waals surface area contributed by atoms with Crippen molar-refractivity contribution in [2.45, 2.75) is 52.1 Å². The van der Waals surface area contributed by atoms with Crippen LogP contribution in [0.15, 0.2) is 0 Å². The lowest BCUT2D eigenvalue weighted by molar-refractivity contribution is -0.123. The van der Waals surface area contributed by atoms with Gasteiger partial charge < -0.3 is 15.4 Å². The molecule has 0 aromatic heterocycles. The number of rotatable bonds is 9. The number of carbonyl (C=O) groups excluding carboxylic acids is 1. The van der Waals surface area contributed by atoms with Crippen molar-refractivity contribution in [3.63, 3.8) is 0 Å². The maximum Gasteiger partial charge on any atom is 0.237 e. The van der Waals surface area contributed by atoms with E-state index in [0.717, 1.165) is 32.4 Å². The van der Waals surface area contributed by atoms with Crippen molar-refractivity contribution in [1.82, 2.24) is 10.6 Å². The van der Waals surface area contributed by atoms with E-state index in [4.69, 9.17) is 4.74 Å². The Morgan fingerprint density at radius 3 is 2.56 bits per heavy atom. The fraction of sp³-hybridized carbons (Fsp3) is 0.917. The Morgan fingerprint density at radius 1 is 1.31 bits per heavy atom. The molecule has 0 spiro atoms. The van der Waals surface area contributed by atoms with Gasteiger partial charge in [0, 0.05) is 19.8 Å². The molecule has 0 heterocycles. The molecule has 1 amide bonds. The van der Waals surface area contributed by atoms with Crippen LogP contribution in [0.3, 0.4) is 0 Å². The number of ether oxygens (including phenoxy) is 1. The molecule has 2 atom stereocenters. The van der Waals surface area contributed by atoms with Gasteiger partial charge in [-0.25, -0.2) is 0 Å². The molecule has 4 heteroatoms. The van der Waals surface area contributed by atoms with E-state index in [0.29, 0.717) is 0 Å². The molecule has 0 aliphatic heterocycles. The largest absolute Gasteiger partial charge is 0.385 e. The molecule has 2 N–H and O–H groups in total. The molecular formula is C12H26N2O2. The minimum atomic E-state index is -0.114. The Kier molecular flexibility index (Phi) is 9.24. The van der Waals surface area contributed by atoms with Crippen molar-refractivity contribution in [2.75, 3.05) is 20.3 Å². The summed E-state index contributed by atoms with van der Waals surface area (Å²) in [6.07, 6.45) is 3.03. The van der Waals surface area contributed by atoms with Gasteiger partial charge in [0.05, 0.1) is 6.04 Å². The minimum absolute atomic E-state index is 0.0843. The van der Waals surface area contributed by atoms with E-state index in [-0.39, 0.29) is 18.0 Å². The summed E-state index contributed by atoms with van der Waals surface area (Å²) in [6, 6.07) is 0.141. The quantitative estimate of drug-likeness (QED) is 0.587. The van der Waals surface area contributed by atoms with Crippen LogP contribution >= 0.6 is 0 Å². The number of hydrogen-bond donors (Lipinski definition) is 2. The zero-order valence-corrected chi connectivity index (χ0v) is 11.0. The maximum absolute atomic E-state index is 11.6. The van der Waals surface area contributed by atoms with Gasteiger partial charge in [0.1, 0.15) is 0 Å². The molecule has 2 unspecified atom stereocenters. The molecule has 0 rings (SSSR count). The van der Waals surface area contributed by atoms with E-state index in [1.807, 2.05) is 13.8 Å². The van der Waals surface area contributed by atoms with Gasteiger partial charge in [-0.05, 0) is 39.7 Å². The lowest BCUT2D eigenvalue weighted by atomic mass is 10.2. The number of carbonyl (C=O) groups is 1. The van der Waals surface area contributed by atoms with E-state index in [1.54, 1.807) is 7.11 Å². The van der Waals surface area contributed by atoms with E-state index < -0.39 is 0 Å². The molecule has 16 heavy (non-hydrogen) atoms. The van der Waals surface area contributed by atoms with Crippen LogP contribution in [-0.4, -0.2) is 38.3 Å². The second kappa shape index (κ2) is 9.60. The van der Waals surface area contributed by atoms with Gasteiger partial charge >= 0.3 is 0 Å². The second-order valence-electron chi connectivity index (χ2n) is 4.19. The number of amides is 1. The number of methoxy groups -OCH3 is 1. The Hall–Kier alpha value is -0.610. The summed E-state index contributed by atoms with van der Waals surface area (Å²) >= 11 is 0. The molecule has 0 aromatic rings. The highest BCUT2D eigenvalue weighted by Crippen LogP contribution is 1.92. The first-order valence-corrected chi connectivity index (χ1v) is 6.14. The van der Waals surface area contributed by atoms with Gasteiger partial charge in [-0.2, -0.15) is 0 Å². The standard InChI is InChI=1S/C12H26N2O2/c1-5-10(2)14-12(15)11(3)13-8-6-7-9-16-4/h10-11,13H,5-9H2,1-4H3,(H,14,15). The summed E-state index contributed by atoms with van der Waals surface area (Å²) < 4.78 is 4.96. The first kappa shape index (κ1) is 15.4. The molecule has 4 nitrogen and oxygen atoms in total.